The lowest BCUT2D eigenvalue weighted by molar-refractivity contribution is -0.389. The SMILES string of the molecule is CC(C)COc1ccccc1CN1CCC2(CCN(C(=O)c3cc([N+](=O)[O-])[nH]n3)CC2)C1. The average molecular weight is 442 g/mol. The third kappa shape index (κ3) is 4.93. The molecule has 1 spiro atoms. The van der Waals surface area contributed by atoms with Crippen LogP contribution in [0.4, 0.5) is 5.82 Å². The Bertz CT molecular complexity index is 965. The van der Waals surface area contributed by atoms with E-state index in [-0.39, 0.29) is 22.8 Å². The molecule has 2 aliphatic rings. The van der Waals surface area contributed by atoms with Gasteiger partial charge in [-0.15, -0.1) is 5.10 Å². The Morgan fingerprint density at radius 2 is 1.97 bits per heavy atom. The molecule has 4 rings (SSSR count). The molecule has 0 unspecified atom stereocenters. The number of H-pyrrole nitrogens is 1. The van der Waals surface area contributed by atoms with Gasteiger partial charge >= 0.3 is 5.82 Å². The third-order valence-electron chi connectivity index (χ3n) is 6.55. The van der Waals surface area contributed by atoms with Crippen LogP contribution in [-0.4, -0.2) is 63.6 Å². The standard InChI is InChI=1S/C23H31N5O4/c1-17(2)15-32-20-6-4-3-5-18(20)14-26-10-7-23(16-26)8-11-27(12-9-23)22(29)19-13-21(25-24-19)28(30)31/h3-6,13,17H,7-12,14-16H2,1-2H3,(H,24,25). The third-order valence-corrected chi connectivity index (χ3v) is 6.55. The zero-order valence-corrected chi connectivity index (χ0v) is 18.7. The first kappa shape index (κ1) is 22.3. The molecule has 1 aromatic carbocycles. The Labute approximate surface area is 187 Å². The van der Waals surface area contributed by atoms with Gasteiger partial charge in [0.1, 0.15) is 5.75 Å². The molecular weight excluding hydrogens is 410 g/mol. The maximum Gasteiger partial charge on any atom is 0.343 e. The van der Waals surface area contributed by atoms with E-state index in [1.54, 1.807) is 4.90 Å². The molecule has 0 bridgehead atoms. The number of nitrogens with one attached hydrogen (secondary N) is 1. The van der Waals surface area contributed by atoms with Gasteiger partial charge in [0.05, 0.1) is 12.7 Å². The Morgan fingerprint density at radius 3 is 2.66 bits per heavy atom. The van der Waals surface area contributed by atoms with Crippen molar-refractivity contribution in [2.45, 2.75) is 39.7 Å². The molecular formula is C23H31N5O4. The first-order valence-electron chi connectivity index (χ1n) is 11.3. The van der Waals surface area contributed by atoms with Crippen molar-refractivity contribution in [3.63, 3.8) is 0 Å². The molecule has 172 valence electrons. The minimum atomic E-state index is -0.575. The molecule has 9 nitrogen and oxygen atoms in total. The van der Waals surface area contributed by atoms with Crippen molar-refractivity contribution < 1.29 is 14.5 Å². The van der Waals surface area contributed by atoms with E-state index in [2.05, 4.69) is 41.1 Å². The number of benzene rings is 1. The van der Waals surface area contributed by atoms with Crippen LogP contribution in [0.15, 0.2) is 30.3 Å². The van der Waals surface area contributed by atoms with Crippen LogP contribution in [0, 0.1) is 21.4 Å². The number of para-hydroxylation sites is 1. The number of nitro groups is 1. The monoisotopic (exact) mass is 441 g/mol. The Kier molecular flexibility index (Phi) is 6.45. The second kappa shape index (κ2) is 9.28. The number of hydrogen-bond donors (Lipinski definition) is 1. The van der Waals surface area contributed by atoms with E-state index in [0.29, 0.717) is 25.6 Å². The Hall–Kier alpha value is -2.94. The van der Waals surface area contributed by atoms with Crippen LogP contribution in [0.1, 0.15) is 49.2 Å². The van der Waals surface area contributed by atoms with E-state index in [1.165, 1.54) is 11.6 Å². The van der Waals surface area contributed by atoms with Gasteiger partial charge in [-0.05, 0) is 48.1 Å². The first-order chi connectivity index (χ1) is 15.3. The number of nitrogens with zero attached hydrogens (tertiary/aromatic N) is 4. The number of amides is 1. The maximum atomic E-state index is 12.7. The first-order valence-corrected chi connectivity index (χ1v) is 11.3. The van der Waals surface area contributed by atoms with Crippen molar-refractivity contribution in [3.8, 4) is 5.75 Å². The highest BCUT2D eigenvalue weighted by molar-refractivity contribution is 5.92. The lowest BCUT2D eigenvalue weighted by Crippen LogP contribution is -2.44. The Morgan fingerprint density at radius 1 is 1.25 bits per heavy atom. The number of likely N-dealkylation sites (tertiary alicyclic amines) is 2. The highest BCUT2D eigenvalue weighted by atomic mass is 16.6. The number of rotatable bonds is 7. The highest BCUT2D eigenvalue weighted by Gasteiger charge is 2.41. The van der Waals surface area contributed by atoms with E-state index < -0.39 is 4.92 Å². The van der Waals surface area contributed by atoms with Crippen LogP contribution in [0.2, 0.25) is 0 Å². The lowest BCUT2D eigenvalue weighted by atomic mass is 9.77. The summed E-state index contributed by atoms with van der Waals surface area (Å²) in [6, 6.07) is 9.49. The quantitative estimate of drug-likeness (QED) is 0.521. The zero-order chi connectivity index (χ0) is 22.7. The number of piperidine rings is 1. The van der Waals surface area contributed by atoms with E-state index in [9.17, 15) is 14.9 Å². The lowest BCUT2D eigenvalue weighted by Gasteiger charge is -2.39. The minimum absolute atomic E-state index is 0.110. The number of aromatic nitrogens is 2. The molecule has 0 aliphatic carbocycles. The maximum absolute atomic E-state index is 12.7. The van der Waals surface area contributed by atoms with Crippen molar-refractivity contribution in [1.82, 2.24) is 20.0 Å². The summed E-state index contributed by atoms with van der Waals surface area (Å²) < 4.78 is 6.02. The van der Waals surface area contributed by atoms with Crippen LogP contribution >= 0.6 is 0 Å². The van der Waals surface area contributed by atoms with Crippen LogP contribution in [-0.2, 0) is 6.54 Å². The van der Waals surface area contributed by atoms with Crippen molar-refractivity contribution in [1.29, 1.82) is 0 Å². The van der Waals surface area contributed by atoms with Gasteiger partial charge in [-0.25, -0.2) is 0 Å². The summed E-state index contributed by atoms with van der Waals surface area (Å²) in [6.45, 7) is 9.25. The summed E-state index contributed by atoms with van der Waals surface area (Å²) in [5.41, 5.74) is 1.55. The molecule has 2 aromatic rings. The summed E-state index contributed by atoms with van der Waals surface area (Å²) >= 11 is 0. The molecule has 0 saturated carbocycles. The number of ether oxygens (including phenoxy) is 1. The average Bonchev–Trinajstić information content (AvgIpc) is 3.41. The van der Waals surface area contributed by atoms with Gasteiger partial charge in [0.25, 0.3) is 5.91 Å². The van der Waals surface area contributed by atoms with Crippen molar-refractivity contribution >= 4 is 11.7 Å². The summed E-state index contributed by atoms with van der Waals surface area (Å²) in [5, 5.41) is 17.0. The van der Waals surface area contributed by atoms with Crippen molar-refractivity contribution in [2.24, 2.45) is 11.3 Å². The zero-order valence-electron chi connectivity index (χ0n) is 18.7. The number of carbonyl (C=O) groups is 1. The molecule has 1 N–H and O–H groups in total. The van der Waals surface area contributed by atoms with Crippen LogP contribution < -0.4 is 4.74 Å². The van der Waals surface area contributed by atoms with E-state index >= 15 is 0 Å². The smallest absolute Gasteiger partial charge is 0.343 e. The van der Waals surface area contributed by atoms with Gasteiger partial charge in [0.2, 0.25) is 0 Å². The molecule has 9 heteroatoms. The van der Waals surface area contributed by atoms with Gasteiger partial charge in [-0.3, -0.25) is 9.69 Å². The molecule has 3 heterocycles. The Balaban J connectivity index is 1.32. The van der Waals surface area contributed by atoms with Crippen molar-refractivity contribution in [2.75, 3.05) is 32.8 Å². The molecule has 2 aliphatic heterocycles. The van der Waals surface area contributed by atoms with E-state index in [4.69, 9.17) is 4.74 Å². The van der Waals surface area contributed by atoms with Crippen LogP contribution in [0.3, 0.4) is 0 Å². The number of aromatic amines is 1. The normalized spacial score (nSPS) is 18.4. The van der Waals surface area contributed by atoms with Crippen molar-refractivity contribution in [3.05, 3.63) is 51.7 Å². The highest BCUT2D eigenvalue weighted by Crippen LogP contribution is 2.41. The fourth-order valence-corrected chi connectivity index (χ4v) is 4.70. The van der Waals surface area contributed by atoms with Gasteiger partial charge in [-0.2, -0.15) is 0 Å². The van der Waals surface area contributed by atoms with E-state index in [1.807, 2.05) is 12.1 Å². The summed E-state index contributed by atoms with van der Waals surface area (Å²) in [7, 11) is 0. The predicted molar refractivity (Wildman–Crippen MR) is 119 cm³/mol. The fraction of sp³-hybridized carbons (Fsp3) is 0.565. The van der Waals surface area contributed by atoms with Gasteiger partial charge in [-0.1, -0.05) is 37.1 Å². The number of carbonyl (C=O) groups excluding carboxylic acids is 1. The molecule has 1 aromatic heterocycles. The van der Waals surface area contributed by atoms with E-state index in [0.717, 1.165) is 44.6 Å². The molecule has 0 atom stereocenters. The summed E-state index contributed by atoms with van der Waals surface area (Å²) in [6.07, 6.45) is 3.00. The predicted octanol–water partition coefficient (Wildman–Crippen LogP) is 3.48. The van der Waals surface area contributed by atoms with Gasteiger partial charge in [0, 0.05) is 31.7 Å². The molecule has 2 saturated heterocycles. The fourth-order valence-electron chi connectivity index (χ4n) is 4.70. The van der Waals surface area contributed by atoms with Gasteiger partial charge < -0.3 is 19.8 Å². The molecule has 2 fully saturated rings. The summed E-state index contributed by atoms with van der Waals surface area (Å²) in [5.74, 6) is 0.954. The number of hydrogen-bond acceptors (Lipinski definition) is 6. The minimum Gasteiger partial charge on any atom is -0.493 e. The van der Waals surface area contributed by atoms with Crippen LogP contribution in [0.5, 0.6) is 5.75 Å². The topological polar surface area (TPSA) is 105 Å². The van der Waals surface area contributed by atoms with Crippen LogP contribution in [0.25, 0.3) is 0 Å². The molecule has 0 radical (unpaired) electrons. The molecule has 32 heavy (non-hydrogen) atoms. The second-order valence-electron chi connectivity index (χ2n) is 9.46. The largest absolute Gasteiger partial charge is 0.493 e. The van der Waals surface area contributed by atoms with Gasteiger partial charge in [0.15, 0.2) is 5.69 Å². The summed E-state index contributed by atoms with van der Waals surface area (Å²) in [4.78, 5) is 27.2. The second-order valence-corrected chi connectivity index (χ2v) is 9.46. The molecule has 1 amide bonds.